The Morgan fingerprint density at radius 1 is 1.42 bits per heavy atom. The minimum atomic E-state index is -0.945. The molecule has 0 bridgehead atoms. The Morgan fingerprint density at radius 2 is 2.21 bits per heavy atom. The Hall–Kier alpha value is -1.86. The Bertz CT molecular complexity index is 554. The van der Waals surface area contributed by atoms with E-state index in [4.69, 9.17) is 9.47 Å². The fraction of sp³-hybridized carbons (Fsp3) is 0.588. The van der Waals surface area contributed by atoms with Crippen molar-refractivity contribution in [1.82, 2.24) is 15.5 Å². The number of hydrogen-bond donors (Lipinski definition) is 2. The summed E-state index contributed by atoms with van der Waals surface area (Å²) in [6, 6.07) is 5.11. The summed E-state index contributed by atoms with van der Waals surface area (Å²) in [5.74, 6) is 1.12. The Labute approximate surface area is 142 Å². The fourth-order valence-electron chi connectivity index (χ4n) is 2.48. The first kappa shape index (κ1) is 18.5. The lowest BCUT2D eigenvalue weighted by Gasteiger charge is -2.15. The van der Waals surface area contributed by atoms with Crippen LogP contribution in [0, 0.1) is 0 Å². The van der Waals surface area contributed by atoms with Gasteiger partial charge in [0.15, 0.2) is 11.5 Å². The number of carbonyl (C=O) groups is 1. The van der Waals surface area contributed by atoms with Crippen molar-refractivity contribution in [2.75, 3.05) is 40.9 Å². The Balaban J connectivity index is 1.88. The molecule has 1 aliphatic heterocycles. The van der Waals surface area contributed by atoms with Crippen molar-refractivity contribution in [3.8, 4) is 11.5 Å². The standard InChI is InChI=1S/C17H26FN3O3/c1-21(2)6-7-24-15-5-4-12(8-16(15)23-3)10-20-17(22)14-9-13(18)11-19-14/h4-5,8,13-14,19H,6-7,9-11H2,1-3H3,(H,20,22)/t13-,14+/m0/s1. The molecule has 24 heavy (non-hydrogen) atoms. The largest absolute Gasteiger partial charge is 0.493 e. The summed E-state index contributed by atoms with van der Waals surface area (Å²) in [5.41, 5.74) is 0.898. The molecule has 1 heterocycles. The summed E-state index contributed by atoms with van der Waals surface area (Å²) in [7, 11) is 5.55. The number of likely N-dealkylation sites (N-methyl/N-ethyl adjacent to an activating group) is 1. The van der Waals surface area contributed by atoms with Crippen molar-refractivity contribution >= 4 is 5.91 Å². The number of benzene rings is 1. The van der Waals surface area contributed by atoms with Crippen molar-refractivity contribution in [1.29, 1.82) is 0 Å². The molecular weight excluding hydrogens is 313 g/mol. The topological polar surface area (TPSA) is 62.8 Å². The number of hydrogen-bond acceptors (Lipinski definition) is 5. The van der Waals surface area contributed by atoms with Gasteiger partial charge in [0.05, 0.1) is 13.2 Å². The first-order valence-electron chi connectivity index (χ1n) is 8.09. The molecule has 1 aromatic carbocycles. The van der Waals surface area contributed by atoms with Gasteiger partial charge in [0.25, 0.3) is 0 Å². The van der Waals surface area contributed by atoms with Crippen LogP contribution in [0.2, 0.25) is 0 Å². The van der Waals surface area contributed by atoms with E-state index in [0.717, 1.165) is 12.1 Å². The van der Waals surface area contributed by atoms with Crippen LogP contribution in [0.25, 0.3) is 0 Å². The zero-order chi connectivity index (χ0) is 17.5. The van der Waals surface area contributed by atoms with Gasteiger partial charge in [0, 0.05) is 26.1 Å². The van der Waals surface area contributed by atoms with E-state index >= 15 is 0 Å². The van der Waals surface area contributed by atoms with Gasteiger partial charge >= 0.3 is 0 Å². The summed E-state index contributed by atoms with van der Waals surface area (Å²) in [4.78, 5) is 14.0. The van der Waals surface area contributed by atoms with E-state index in [-0.39, 0.29) is 18.9 Å². The quantitative estimate of drug-likeness (QED) is 0.738. The molecule has 0 aromatic heterocycles. The van der Waals surface area contributed by atoms with Crippen LogP contribution in [0.15, 0.2) is 18.2 Å². The molecule has 0 radical (unpaired) electrons. The number of rotatable bonds is 8. The third-order valence-electron chi connectivity index (χ3n) is 3.88. The average molecular weight is 339 g/mol. The van der Waals surface area contributed by atoms with E-state index in [2.05, 4.69) is 10.6 Å². The van der Waals surface area contributed by atoms with Gasteiger partial charge in [-0.3, -0.25) is 4.79 Å². The van der Waals surface area contributed by atoms with E-state index in [1.165, 1.54) is 0 Å². The van der Waals surface area contributed by atoms with Crippen LogP contribution < -0.4 is 20.1 Å². The normalized spacial score (nSPS) is 20.2. The highest BCUT2D eigenvalue weighted by molar-refractivity contribution is 5.82. The number of nitrogens with one attached hydrogen (secondary N) is 2. The first-order valence-corrected chi connectivity index (χ1v) is 8.09. The number of methoxy groups -OCH3 is 1. The molecule has 134 valence electrons. The molecule has 0 saturated carbocycles. The number of amides is 1. The summed E-state index contributed by atoms with van der Waals surface area (Å²) < 4.78 is 24.2. The molecule has 7 heteroatoms. The minimum absolute atomic E-state index is 0.180. The number of carbonyl (C=O) groups excluding carboxylic acids is 1. The molecule has 0 aliphatic carbocycles. The van der Waals surface area contributed by atoms with Crippen LogP contribution in [0.4, 0.5) is 4.39 Å². The second-order valence-corrected chi connectivity index (χ2v) is 6.15. The highest BCUT2D eigenvalue weighted by Gasteiger charge is 2.28. The first-order chi connectivity index (χ1) is 11.5. The summed E-state index contributed by atoms with van der Waals surface area (Å²) in [5, 5.41) is 5.69. The maximum absolute atomic E-state index is 13.1. The average Bonchev–Trinajstić information content (AvgIpc) is 2.99. The molecule has 1 saturated heterocycles. The lowest BCUT2D eigenvalue weighted by atomic mass is 10.1. The number of ether oxygens (including phenoxy) is 2. The van der Waals surface area contributed by atoms with Crippen molar-refractivity contribution in [2.24, 2.45) is 0 Å². The van der Waals surface area contributed by atoms with E-state index in [1.54, 1.807) is 7.11 Å². The van der Waals surface area contributed by atoms with Gasteiger partial charge < -0.3 is 25.0 Å². The second kappa shape index (κ2) is 8.84. The highest BCUT2D eigenvalue weighted by Crippen LogP contribution is 2.28. The highest BCUT2D eigenvalue weighted by atomic mass is 19.1. The predicted molar refractivity (Wildman–Crippen MR) is 90.2 cm³/mol. The van der Waals surface area contributed by atoms with Crippen LogP contribution in [-0.4, -0.2) is 63.9 Å². The van der Waals surface area contributed by atoms with Crippen LogP contribution >= 0.6 is 0 Å². The minimum Gasteiger partial charge on any atom is -0.493 e. The number of halogens is 1. The van der Waals surface area contributed by atoms with Crippen molar-refractivity contribution < 1.29 is 18.7 Å². The second-order valence-electron chi connectivity index (χ2n) is 6.15. The maximum atomic E-state index is 13.1. The smallest absolute Gasteiger partial charge is 0.237 e. The van der Waals surface area contributed by atoms with E-state index in [9.17, 15) is 9.18 Å². The summed E-state index contributed by atoms with van der Waals surface area (Å²) in [6.07, 6.45) is -0.715. The van der Waals surface area contributed by atoms with Crippen LogP contribution in [0.1, 0.15) is 12.0 Å². The molecule has 1 aromatic rings. The van der Waals surface area contributed by atoms with Crippen LogP contribution in [0.3, 0.4) is 0 Å². The zero-order valence-corrected chi connectivity index (χ0v) is 14.5. The summed E-state index contributed by atoms with van der Waals surface area (Å²) >= 11 is 0. The molecule has 1 amide bonds. The van der Waals surface area contributed by atoms with E-state index < -0.39 is 12.2 Å². The van der Waals surface area contributed by atoms with Gasteiger partial charge in [-0.05, 0) is 31.8 Å². The Kier molecular flexibility index (Phi) is 6.81. The van der Waals surface area contributed by atoms with Crippen molar-refractivity contribution in [3.63, 3.8) is 0 Å². The SMILES string of the molecule is COc1cc(CNC(=O)[C@H]2C[C@H](F)CN2)ccc1OCCN(C)C. The van der Waals surface area contributed by atoms with Crippen LogP contribution in [0.5, 0.6) is 11.5 Å². The number of alkyl halides is 1. The fourth-order valence-corrected chi connectivity index (χ4v) is 2.48. The van der Waals surface area contributed by atoms with Gasteiger partial charge in [0.2, 0.25) is 5.91 Å². The zero-order valence-electron chi connectivity index (χ0n) is 14.5. The maximum Gasteiger partial charge on any atom is 0.237 e. The molecule has 2 N–H and O–H groups in total. The van der Waals surface area contributed by atoms with E-state index in [1.807, 2.05) is 37.2 Å². The summed E-state index contributed by atoms with van der Waals surface area (Å²) in [6.45, 7) is 1.98. The lowest BCUT2D eigenvalue weighted by molar-refractivity contribution is -0.123. The monoisotopic (exact) mass is 339 g/mol. The van der Waals surface area contributed by atoms with Gasteiger partial charge in [-0.25, -0.2) is 4.39 Å². The van der Waals surface area contributed by atoms with Crippen LogP contribution in [-0.2, 0) is 11.3 Å². The van der Waals surface area contributed by atoms with Gasteiger partial charge in [0.1, 0.15) is 12.8 Å². The Morgan fingerprint density at radius 3 is 2.83 bits per heavy atom. The van der Waals surface area contributed by atoms with Crippen molar-refractivity contribution in [3.05, 3.63) is 23.8 Å². The lowest BCUT2D eigenvalue weighted by Crippen LogP contribution is -2.40. The molecule has 0 spiro atoms. The van der Waals surface area contributed by atoms with E-state index in [0.29, 0.717) is 24.7 Å². The molecule has 6 nitrogen and oxygen atoms in total. The molecular formula is C17H26FN3O3. The van der Waals surface area contributed by atoms with Crippen molar-refractivity contribution in [2.45, 2.75) is 25.2 Å². The third kappa shape index (κ3) is 5.35. The van der Waals surface area contributed by atoms with Gasteiger partial charge in [-0.15, -0.1) is 0 Å². The van der Waals surface area contributed by atoms with Gasteiger partial charge in [-0.1, -0.05) is 6.07 Å². The predicted octanol–water partition coefficient (Wildman–Crippen LogP) is 0.952. The van der Waals surface area contributed by atoms with Gasteiger partial charge in [-0.2, -0.15) is 0 Å². The molecule has 2 rings (SSSR count). The third-order valence-corrected chi connectivity index (χ3v) is 3.88. The molecule has 2 atom stereocenters. The molecule has 0 unspecified atom stereocenters. The molecule has 1 fully saturated rings. The molecule has 1 aliphatic rings. The number of nitrogens with zero attached hydrogens (tertiary/aromatic N) is 1.